The average molecular weight is 375 g/mol. The first-order valence-corrected chi connectivity index (χ1v) is 8.97. The second-order valence-corrected chi connectivity index (χ2v) is 7.25. The molecule has 0 spiro atoms. The molecule has 2 atom stereocenters. The molecule has 2 aliphatic rings. The minimum Gasteiger partial charge on any atom is -0.311 e. The van der Waals surface area contributed by atoms with Gasteiger partial charge < -0.3 is 4.90 Å². The van der Waals surface area contributed by atoms with Gasteiger partial charge in [-0.1, -0.05) is 53.5 Å². The molecule has 128 valence electrons. The largest absolute Gasteiger partial charge is 0.332 e. The second-order valence-electron chi connectivity index (χ2n) is 6.38. The molecule has 4 rings (SSSR count). The fraction of sp³-hybridized carbons (Fsp3) is 0.263. The predicted octanol–water partition coefficient (Wildman–Crippen LogP) is 4.71. The molecule has 2 aliphatic heterocycles. The van der Waals surface area contributed by atoms with Crippen molar-refractivity contribution in [1.29, 1.82) is 0 Å². The molecule has 0 N–H and O–H groups in total. The topological polar surface area (TPSA) is 40.6 Å². The molecule has 6 heteroatoms. The molecular formula is C19H16Cl2N2O2. The fourth-order valence-corrected chi connectivity index (χ4v) is 4.34. The van der Waals surface area contributed by atoms with Gasteiger partial charge in [-0.15, -0.1) is 0 Å². The van der Waals surface area contributed by atoms with Crippen LogP contribution in [-0.4, -0.2) is 29.4 Å². The normalized spacial score (nSPS) is 23.1. The minimum absolute atomic E-state index is 0.00561. The summed E-state index contributed by atoms with van der Waals surface area (Å²) < 4.78 is 0. The van der Waals surface area contributed by atoms with Crippen LogP contribution in [0.4, 0.5) is 10.5 Å². The lowest BCUT2D eigenvalue weighted by molar-refractivity contribution is -0.120. The summed E-state index contributed by atoms with van der Waals surface area (Å²) in [6.07, 6.45) is 1.76. The minimum atomic E-state index is -0.471. The Bertz CT molecular complexity index is 820. The number of halogens is 2. The van der Waals surface area contributed by atoms with Gasteiger partial charge in [-0.3, -0.25) is 4.79 Å². The molecule has 0 aliphatic carbocycles. The van der Waals surface area contributed by atoms with Gasteiger partial charge >= 0.3 is 6.03 Å². The maximum absolute atomic E-state index is 13.1. The maximum atomic E-state index is 13.1. The number of fused-ring (bicyclic) bond motifs is 1. The van der Waals surface area contributed by atoms with Crippen molar-refractivity contribution in [3.05, 3.63) is 64.1 Å². The van der Waals surface area contributed by atoms with Gasteiger partial charge in [0.25, 0.3) is 5.91 Å². The second kappa shape index (κ2) is 6.36. The summed E-state index contributed by atoms with van der Waals surface area (Å²) in [5.74, 6) is -0.206. The zero-order valence-electron chi connectivity index (χ0n) is 13.4. The Morgan fingerprint density at radius 3 is 2.32 bits per heavy atom. The number of hydrogen-bond donors (Lipinski definition) is 0. The number of hydrogen-bond acceptors (Lipinski definition) is 2. The third-order valence-electron chi connectivity index (χ3n) is 4.87. The van der Waals surface area contributed by atoms with E-state index in [1.165, 1.54) is 4.90 Å². The van der Waals surface area contributed by atoms with Crippen molar-refractivity contribution in [3.63, 3.8) is 0 Å². The Balaban J connectivity index is 1.74. The van der Waals surface area contributed by atoms with Crippen LogP contribution >= 0.6 is 23.2 Å². The number of carbonyl (C=O) groups is 2. The summed E-state index contributed by atoms with van der Waals surface area (Å²) in [4.78, 5) is 28.9. The van der Waals surface area contributed by atoms with Gasteiger partial charge in [0, 0.05) is 22.5 Å². The van der Waals surface area contributed by atoms with Crippen LogP contribution < -0.4 is 4.90 Å². The van der Waals surface area contributed by atoms with Crippen LogP contribution in [0.15, 0.2) is 48.5 Å². The number of nitrogens with zero attached hydrogens (tertiary/aromatic N) is 2. The smallest absolute Gasteiger partial charge is 0.311 e. The van der Waals surface area contributed by atoms with Crippen molar-refractivity contribution in [2.24, 2.45) is 0 Å². The molecule has 0 aromatic heterocycles. The van der Waals surface area contributed by atoms with Gasteiger partial charge in [0.05, 0.1) is 5.69 Å². The van der Waals surface area contributed by atoms with Crippen molar-refractivity contribution in [3.8, 4) is 0 Å². The third-order valence-corrected chi connectivity index (χ3v) is 5.31. The van der Waals surface area contributed by atoms with Crippen molar-refractivity contribution in [2.45, 2.75) is 24.8 Å². The fourth-order valence-electron chi connectivity index (χ4n) is 3.83. The van der Waals surface area contributed by atoms with E-state index in [0.717, 1.165) is 18.4 Å². The molecule has 2 aromatic carbocycles. The first-order chi connectivity index (χ1) is 12.1. The number of imide groups is 1. The molecule has 0 saturated carbocycles. The monoisotopic (exact) mass is 374 g/mol. The van der Waals surface area contributed by atoms with Crippen molar-refractivity contribution < 1.29 is 9.59 Å². The number of piperidine rings is 1. The van der Waals surface area contributed by atoms with E-state index in [4.69, 9.17) is 23.2 Å². The molecule has 4 nitrogen and oxygen atoms in total. The highest BCUT2D eigenvalue weighted by Crippen LogP contribution is 2.40. The van der Waals surface area contributed by atoms with Gasteiger partial charge in [0.1, 0.15) is 6.04 Å². The summed E-state index contributed by atoms with van der Waals surface area (Å²) in [6.45, 7) is 0.587. The number of amides is 3. The molecule has 2 fully saturated rings. The summed E-state index contributed by atoms with van der Waals surface area (Å²) in [5, 5.41) is 0.792. The molecule has 0 bridgehead atoms. The van der Waals surface area contributed by atoms with E-state index in [2.05, 4.69) is 0 Å². The van der Waals surface area contributed by atoms with Crippen LogP contribution in [0.1, 0.15) is 24.3 Å². The van der Waals surface area contributed by atoms with Crippen LogP contribution in [0, 0.1) is 0 Å². The first kappa shape index (κ1) is 16.4. The predicted molar refractivity (Wildman–Crippen MR) is 98.3 cm³/mol. The van der Waals surface area contributed by atoms with Crippen LogP contribution in [0.3, 0.4) is 0 Å². The Kier molecular flexibility index (Phi) is 4.18. The maximum Gasteiger partial charge on any atom is 0.332 e. The van der Waals surface area contributed by atoms with Gasteiger partial charge in [-0.2, -0.15) is 0 Å². The average Bonchev–Trinajstić information content (AvgIpc) is 2.86. The Morgan fingerprint density at radius 1 is 0.960 bits per heavy atom. The van der Waals surface area contributed by atoms with Gasteiger partial charge in [-0.05, 0) is 36.6 Å². The Labute approximate surface area is 155 Å². The molecule has 3 amide bonds. The van der Waals surface area contributed by atoms with Gasteiger partial charge in [0.2, 0.25) is 0 Å². The number of benzene rings is 2. The first-order valence-electron chi connectivity index (χ1n) is 8.22. The highest BCUT2D eigenvalue weighted by Gasteiger charge is 2.51. The molecular weight excluding hydrogens is 359 g/mol. The zero-order valence-corrected chi connectivity index (χ0v) is 14.9. The lowest BCUT2D eigenvalue weighted by atomic mass is 9.84. The summed E-state index contributed by atoms with van der Waals surface area (Å²) in [6, 6.07) is 13.9. The zero-order chi connectivity index (χ0) is 17.6. The molecule has 2 aromatic rings. The lowest BCUT2D eigenvalue weighted by Gasteiger charge is -2.34. The Morgan fingerprint density at radius 2 is 1.64 bits per heavy atom. The molecule has 0 radical (unpaired) electrons. The number of urea groups is 1. The van der Waals surface area contributed by atoms with Crippen LogP contribution in [-0.2, 0) is 4.79 Å². The van der Waals surface area contributed by atoms with Crippen LogP contribution in [0.2, 0.25) is 10.0 Å². The van der Waals surface area contributed by atoms with E-state index in [1.54, 1.807) is 23.1 Å². The molecule has 25 heavy (non-hydrogen) atoms. The van der Waals surface area contributed by atoms with E-state index >= 15 is 0 Å². The van der Waals surface area contributed by atoms with Crippen LogP contribution in [0.5, 0.6) is 0 Å². The van der Waals surface area contributed by atoms with Crippen molar-refractivity contribution in [2.75, 3.05) is 11.4 Å². The number of anilines is 1. The van der Waals surface area contributed by atoms with E-state index in [0.29, 0.717) is 22.3 Å². The Hall–Kier alpha value is -2.04. The summed E-state index contributed by atoms with van der Waals surface area (Å²) in [7, 11) is 0. The van der Waals surface area contributed by atoms with Crippen LogP contribution in [0.25, 0.3) is 0 Å². The summed E-state index contributed by atoms with van der Waals surface area (Å²) >= 11 is 12.1. The molecule has 1 unspecified atom stereocenters. The highest BCUT2D eigenvalue weighted by atomic mass is 35.5. The molecule has 2 heterocycles. The standard InChI is InChI=1S/C19H16Cl2N2O2/c20-13-9-14(21)11-15(10-13)23-18(24)17-16(12-5-2-1-3-6-12)7-4-8-22(17)19(23)25/h1-3,5-6,9-11,16-17H,4,7-8H2/t16?,17-/m0/s1. The van der Waals surface area contributed by atoms with E-state index in [-0.39, 0.29) is 17.9 Å². The van der Waals surface area contributed by atoms with Gasteiger partial charge in [-0.25, -0.2) is 9.69 Å². The van der Waals surface area contributed by atoms with Crippen molar-refractivity contribution in [1.82, 2.24) is 4.90 Å². The van der Waals surface area contributed by atoms with Crippen molar-refractivity contribution >= 4 is 40.8 Å². The number of rotatable bonds is 2. The third kappa shape index (κ3) is 2.79. The van der Waals surface area contributed by atoms with E-state index < -0.39 is 6.04 Å². The molecule has 2 saturated heterocycles. The SMILES string of the molecule is O=C1[C@@H]2C(c3ccccc3)CCCN2C(=O)N1c1cc(Cl)cc(Cl)c1. The van der Waals surface area contributed by atoms with E-state index in [1.807, 2.05) is 30.3 Å². The lowest BCUT2D eigenvalue weighted by Crippen LogP contribution is -2.43. The number of carbonyl (C=O) groups excluding carboxylic acids is 2. The van der Waals surface area contributed by atoms with E-state index in [9.17, 15) is 9.59 Å². The van der Waals surface area contributed by atoms with Gasteiger partial charge in [0.15, 0.2) is 0 Å². The summed E-state index contributed by atoms with van der Waals surface area (Å²) in [5.41, 5.74) is 1.51. The quantitative estimate of drug-likeness (QED) is 0.714. The highest BCUT2D eigenvalue weighted by molar-refractivity contribution is 6.35.